The number of amides is 1. The zero-order valence-corrected chi connectivity index (χ0v) is 14.2. The second-order valence-electron chi connectivity index (χ2n) is 5.30. The summed E-state index contributed by atoms with van der Waals surface area (Å²) < 4.78 is 13.3. The Morgan fingerprint density at radius 1 is 1.33 bits per heavy atom. The number of benzene rings is 1. The molecule has 0 aliphatic heterocycles. The van der Waals surface area contributed by atoms with Crippen LogP contribution in [-0.2, 0) is 6.54 Å². The molecule has 0 saturated heterocycles. The maximum atomic E-state index is 13.3. The Bertz CT molecular complexity index is 893. The van der Waals surface area contributed by atoms with E-state index in [-0.39, 0.29) is 11.7 Å². The molecule has 0 aliphatic carbocycles. The maximum absolute atomic E-state index is 13.3. The highest BCUT2D eigenvalue weighted by molar-refractivity contribution is 7.20. The van der Waals surface area contributed by atoms with Crippen LogP contribution in [0.5, 0.6) is 0 Å². The van der Waals surface area contributed by atoms with Crippen molar-refractivity contribution in [1.82, 2.24) is 15.3 Å². The van der Waals surface area contributed by atoms with Crippen LogP contribution in [0.1, 0.15) is 27.7 Å². The van der Waals surface area contributed by atoms with Crippen molar-refractivity contribution in [2.45, 2.75) is 20.4 Å². The quantitative estimate of drug-likeness (QED) is 0.743. The van der Waals surface area contributed by atoms with Crippen LogP contribution < -0.4 is 10.6 Å². The molecule has 5 nitrogen and oxygen atoms in total. The van der Waals surface area contributed by atoms with Gasteiger partial charge in [0.25, 0.3) is 5.91 Å². The summed E-state index contributed by atoms with van der Waals surface area (Å²) in [5, 5.41) is 6.86. The van der Waals surface area contributed by atoms with Crippen molar-refractivity contribution in [1.29, 1.82) is 0 Å². The number of thiophene rings is 1. The van der Waals surface area contributed by atoms with Crippen molar-refractivity contribution in [3.8, 4) is 0 Å². The largest absolute Gasteiger partial charge is 0.365 e. The molecule has 0 unspecified atom stereocenters. The van der Waals surface area contributed by atoms with Gasteiger partial charge in [0.2, 0.25) is 0 Å². The number of nitrogens with zero attached hydrogens (tertiary/aromatic N) is 2. The van der Waals surface area contributed by atoms with Gasteiger partial charge in [-0.25, -0.2) is 14.4 Å². The molecular formula is C17H17FN4OS. The molecule has 24 heavy (non-hydrogen) atoms. The van der Waals surface area contributed by atoms with E-state index >= 15 is 0 Å². The van der Waals surface area contributed by atoms with Crippen molar-refractivity contribution >= 4 is 33.3 Å². The molecule has 0 bridgehead atoms. The Labute approximate surface area is 143 Å². The second-order valence-corrected chi connectivity index (χ2v) is 6.30. The van der Waals surface area contributed by atoms with Gasteiger partial charge in [0.15, 0.2) is 0 Å². The molecule has 3 aromatic rings. The number of anilines is 1. The highest BCUT2D eigenvalue weighted by Gasteiger charge is 2.18. The fraction of sp³-hybridized carbons (Fsp3) is 0.235. The van der Waals surface area contributed by atoms with Crippen molar-refractivity contribution in [3.63, 3.8) is 0 Å². The first-order chi connectivity index (χ1) is 11.6. The Balaban J connectivity index is 1.92. The number of carbonyl (C=O) groups is 1. The average Bonchev–Trinajstić information content (AvgIpc) is 2.91. The predicted octanol–water partition coefficient (Wildman–Crippen LogP) is 3.50. The molecule has 2 N–H and O–H groups in total. The molecular weight excluding hydrogens is 327 g/mol. The summed E-state index contributed by atoms with van der Waals surface area (Å²) in [6.07, 6.45) is 1.47. The lowest BCUT2D eigenvalue weighted by Gasteiger charge is -2.07. The van der Waals surface area contributed by atoms with Gasteiger partial charge in [-0.3, -0.25) is 4.79 Å². The van der Waals surface area contributed by atoms with E-state index in [0.29, 0.717) is 23.8 Å². The third kappa shape index (κ3) is 3.21. The average molecular weight is 344 g/mol. The molecule has 124 valence electrons. The smallest absolute Gasteiger partial charge is 0.261 e. The Morgan fingerprint density at radius 3 is 2.92 bits per heavy atom. The summed E-state index contributed by atoms with van der Waals surface area (Å²) >= 11 is 1.35. The molecule has 1 aromatic carbocycles. The summed E-state index contributed by atoms with van der Waals surface area (Å²) in [6, 6.07) is 6.40. The van der Waals surface area contributed by atoms with Gasteiger partial charge in [0.1, 0.15) is 22.8 Å². The van der Waals surface area contributed by atoms with Crippen molar-refractivity contribution in [2.75, 3.05) is 11.9 Å². The molecule has 0 spiro atoms. The van der Waals surface area contributed by atoms with Crippen LogP contribution in [0.25, 0.3) is 10.2 Å². The lowest BCUT2D eigenvalue weighted by Crippen LogP contribution is -2.22. The number of halogens is 1. The van der Waals surface area contributed by atoms with Crippen LogP contribution >= 0.6 is 11.3 Å². The van der Waals surface area contributed by atoms with E-state index in [4.69, 9.17) is 0 Å². The standard InChI is InChI=1S/C17H17FN4OS/c1-3-19-16(23)14-10(2)13-15(21-9-22-17(13)24-14)20-8-11-5-4-6-12(18)7-11/h4-7,9H,3,8H2,1-2H3,(H,19,23)(H,20,21,22). The molecule has 1 amide bonds. The van der Waals surface area contributed by atoms with Gasteiger partial charge in [-0.15, -0.1) is 11.3 Å². The zero-order chi connectivity index (χ0) is 17.1. The number of nitrogens with one attached hydrogen (secondary N) is 2. The molecule has 0 aliphatic rings. The monoisotopic (exact) mass is 344 g/mol. The van der Waals surface area contributed by atoms with Crippen LogP contribution in [0.15, 0.2) is 30.6 Å². The van der Waals surface area contributed by atoms with Crippen LogP contribution in [0.4, 0.5) is 10.2 Å². The van der Waals surface area contributed by atoms with E-state index < -0.39 is 0 Å². The predicted molar refractivity (Wildman–Crippen MR) is 93.9 cm³/mol. The second kappa shape index (κ2) is 6.92. The minimum Gasteiger partial charge on any atom is -0.365 e. The number of carbonyl (C=O) groups excluding carboxylic acids is 1. The van der Waals surface area contributed by atoms with Crippen LogP contribution in [-0.4, -0.2) is 22.4 Å². The van der Waals surface area contributed by atoms with E-state index in [1.807, 2.05) is 19.9 Å². The number of aromatic nitrogens is 2. The number of hydrogen-bond donors (Lipinski definition) is 2. The number of fused-ring (bicyclic) bond motifs is 1. The molecule has 0 atom stereocenters. The first-order valence-electron chi connectivity index (χ1n) is 7.60. The van der Waals surface area contributed by atoms with Crippen LogP contribution in [0.2, 0.25) is 0 Å². The zero-order valence-electron chi connectivity index (χ0n) is 13.4. The fourth-order valence-corrected chi connectivity index (χ4v) is 3.56. The summed E-state index contributed by atoms with van der Waals surface area (Å²) in [4.78, 5) is 22.1. The van der Waals surface area contributed by atoms with Crippen molar-refractivity contribution in [3.05, 3.63) is 52.4 Å². The normalized spacial score (nSPS) is 10.8. The Morgan fingerprint density at radius 2 is 2.17 bits per heavy atom. The third-order valence-electron chi connectivity index (χ3n) is 3.62. The van der Waals surface area contributed by atoms with E-state index in [1.54, 1.807) is 6.07 Å². The van der Waals surface area contributed by atoms with Crippen LogP contribution in [0, 0.1) is 12.7 Å². The summed E-state index contributed by atoms with van der Waals surface area (Å²) in [7, 11) is 0. The highest BCUT2D eigenvalue weighted by Crippen LogP contribution is 2.33. The van der Waals surface area contributed by atoms with Gasteiger partial charge in [-0.1, -0.05) is 12.1 Å². The van der Waals surface area contributed by atoms with Crippen molar-refractivity contribution in [2.24, 2.45) is 0 Å². The minimum atomic E-state index is -0.271. The first-order valence-corrected chi connectivity index (χ1v) is 8.42. The molecule has 0 fully saturated rings. The van der Waals surface area contributed by atoms with E-state index in [1.165, 1.54) is 29.8 Å². The van der Waals surface area contributed by atoms with Gasteiger partial charge in [-0.2, -0.15) is 0 Å². The molecule has 2 heterocycles. The maximum Gasteiger partial charge on any atom is 0.261 e. The number of hydrogen-bond acceptors (Lipinski definition) is 5. The van der Waals surface area contributed by atoms with Crippen LogP contribution in [0.3, 0.4) is 0 Å². The highest BCUT2D eigenvalue weighted by atomic mass is 32.1. The minimum absolute atomic E-state index is 0.103. The SMILES string of the molecule is CCNC(=O)c1sc2ncnc(NCc3cccc(F)c3)c2c1C. The first kappa shape index (κ1) is 16.3. The Kier molecular flexibility index (Phi) is 4.71. The van der Waals surface area contributed by atoms with Gasteiger partial charge < -0.3 is 10.6 Å². The van der Waals surface area contributed by atoms with E-state index in [0.717, 1.165) is 21.3 Å². The molecule has 0 saturated carbocycles. The van der Waals surface area contributed by atoms with Gasteiger partial charge >= 0.3 is 0 Å². The summed E-state index contributed by atoms with van der Waals surface area (Å²) in [5.74, 6) is 0.273. The molecule has 0 radical (unpaired) electrons. The Hall–Kier alpha value is -2.54. The van der Waals surface area contributed by atoms with E-state index in [2.05, 4.69) is 20.6 Å². The molecule has 7 heteroatoms. The van der Waals surface area contributed by atoms with Gasteiger partial charge in [0, 0.05) is 13.1 Å². The van der Waals surface area contributed by atoms with Gasteiger partial charge in [0.05, 0.1) is 10.3 Å². The summed E-state index contributed by atoms with van der Waals surface area (Å²) in [6.45, 7) is 4.78. The molecule has 3 rings (SSSR count). The lowest BCUT2D eigenvalue weighted by atomic mass is 10.2. The fourth-order valence-electron chi connectivity index (χ4n) is 2.50. The molecule has 2 aromatic heterocycles. The number of aryl methyl sites for hydroxylation is 1. The number of rotatable bonds is 5. The van der Waals surface area contributed by atoms with E-state index in [9.17, 15) is 9.18 Å². The third-order valence-corrected chi connectivity index (χ3v) is 4.82. The summed E-state index contributed by atoms with van der Waals surface area (Å²) in [5.41, 5.74) is 1.67. The lowest BCUT2D eigenvalue weighted by molar-refractivity contribution is 0.0959. The van der Waals surface area contributed by atoms with Crippen molar-refractivity contribution < 1.29 is 9.18 Å². The van der Waals surface area contributed by atoms with Gasteiger partial charge in [-0.05, 0) is 37.1 Å². The topological polar surface area (TPSA) is 66.9 Å².